The molecule has 0 spiro atoms. The lowest BCUT2D eigenvalue weighted by atomic mass is 10.2. The van der Waals surface area contributed by atoms with Gasteiger partial charge in [0, 0.05) is 10.9 Å². The molecule has 2 heterocycles. The van der Waals surface area contributed by atoms with Gasteiger partial charge >= 0.3 is 0 Å². The molecule has 0 amide bonds. The van der Waals surface area contributed by atoms with Crippen LogP contribution >= 0.6 is 43.2 Å². The predicted octanol–water partition coefficient (Wildman–Crippen LogP) is 3.76. The maximum atomic E-state index is 11.8. The first kappa shape index (κ1) is 10.4. The fourth-order valence-electron chi connectivity index (χ4n) is 1.16. The van der Waals surface area contributed by atoms with E-state index >= 15 is 0 Å². The highest BCUT2D eigenvalue weighted by Gasteiger charge is 2.19. The highest BCUT2D eigenvalue weighted by atomic mass is 79.9. The fourth-order valence-corrected chi connectivity index (χ4v) is 3.14. The molecule has 0 atom stereocenters. The summed E-state index contributed by atoms with van der Waals surface area (Å²) in [5.41, 5.74) is 0. The number of thiophene rings is 1. The molecule has 0 bridgehead atoms. The summed E-state index contributed by atoms with van der Waals surface area (Å²) in [6.07, 6.45) is 2.67. The molecule has 74 valence electrons. The van der Waals surface area contributed by atoms with Gasteiger partial charge in [-0.15, -0.1) is 11.3 Å². The molecule has 14 heavy (non-hydrogen) atoms. The van der Waals surface area contributed by atoms with Gasteiger partial charge in [-0.2, -0.15) is 0 Å². The Morgan fingerprint density at radius 3 is 2.79 bits per heavy atom. The summed E-state index contributed by atoms with van der Waals surface area (Å²) in [5.74, 6) is 0.449. The molecule has 0 aromatic carbocycles. The zero-order chi connectivity index (χ0) is 10.1. The number of ether oxygens (including phenoxy) is 1. The van der Waals surface area contributed by atoms with Crippen LogP contribution in [0.5, 0.6) is 0 Å². The van der Waals surface area contributed by atoms with E-state index in [1.165, 1.54) is 11.3 Å². The van der Waals surface area contributed by atoms with E-state index in [1.807, 2.05) is 6.08 Å². The van der Waals surface area contributed by atoms with Gasteiger partial charge in [0.15, 0.2) is 5.76 Å². The fraction of sp³-hybridized carbons (Fsp3) is 0.222. The van der Waals surface area contributed by atoms with Crippen LogP contribution in [-0.2, 0) is 4.74 Å². The van der Waals surface area contributed by atoms with Crippen molar-refractivity contribution in [2.75, 3.05) is 6.61 Å². The standard InChI is InChI=1S/C9H6Br2O2S/c10-5-4-7(14-9(5)11)8(12)6-2-1-3-13-6/h2,4H,1,3H2. The lowest BCUT2D eigenvalue weighted by Gasteiger charge is -1.98. The van der Waals surface area contributed by atoms with E-state index in [9.17, 15) is 4.79 Å². The number of halogens is 2. The molecule has 0 saturated carbocycles. The maximum absolute atomic E-state index is 11.8. The van der Waals surface area contributed by atoms with Crippen LogP contribution < -0.4 is 0 Å². The van der Waals surface area contributed by atoms with Gasteiger partial charge in [-0.05, 0) is 44.0 Å². The van der Waals surface area contributed by atoms with Crippen LogP contribution in [0.4, 0.5) is 0 Å². The van der Waals surface area contributed by atoms with Gasteiger partial charge in [-0.25, -0.2) is 0 Å². The Hall–Kier alpha value is -0.130. The molecule has 5 heteroatoms. The Kier molecular flexibility index (Phi) is 3.09. The molecule has 1 aliphatic rings. The molecule has 1 aromatic heterocycles. The van der Waals surface area contributed by atoms with Crippen molar-refractivity contribution in [2.24, 2.45) is 0 Å². The Labute approximate surface area is 102 Å². The minimum atomic E-state index is -0.0288. The van der Waals surface area contributed by atoms with Gasteiger partial charge in [0.25, 0.3) is 0 Å². The molecule has 0 saturated heterocycles. The summed E-state index contributed by atoms with van der Waals surface area (Å²) in [7, 11) is 0. The number of hydrogen-bond acceptors (Lipinski definition) is 3. The molecule has 1 aromatic rings. The second kappa shape index (κ2) is 4.16. The summed E-state index contributed by atoms with van der Waals surface area (Å²) < 4.78 is 7.04. The number of ketones is 1. The molecule has 0 aliphatic carbocycles. The van der Waals surface area contributed by atoms with Crippen molar-refractivity contribution in [2.45, 2.75) is 6.42 Å². The van der Waals surface area contributed by atoms with E-state index in [-0.39, 0.29) is 5.78 Å². The van der Waals surface area contributed by atoms with E-state index in [1.54, 1.807) is 6.07 Å². The van der Waals surface area contributed by atoms with Crippen molar-refractivity contribution in [3.8, 4) is 0 Å². The smallest absolute Gasteiger partial charge is 0.237 e. The minimum absolute atomic E-state index is 0.0288. The zero-order valence-corrected chi connectivity index (χ0v) is 11.0. The van der Waals surface area contributed by atoms with E-state index in [4.69, 9.17) is 4.74 Å². The minimum Gasteiger partial charge on any atom is -0.489 e. The lowest BCUT2D eigenvalue weighted by Crippen LogP contribution is -2.01. The van der Waals surface area contributed by atoms with Gasteiger partial charge in [0.1, 0.15) is 0 Å². The quantitative estimate of drug-likeness (QED) is 0.768. The second-order valence-electron chi connectivity index (χ2n) is 2.77. The highest BCUT2D eigenvalue weighted by Crippen LogP contribution is 2.34. The third-order valence-corrected chi connectivity index (χ3v) is 5.05. The average molecular weight is 338 g/mol. The van der Waals surface area contributed by atoms with E-state index in [0.29, 0.717) is 17.2 Å². The first-order valence-electron chi connectivity index (χ1n) is 4.01. The Bertz CT molecular complexity index is 389. The Morgan fingerprint density at radius 2 is 2.29 bits per heavy atom. The lowest BCUT2D eigenvalue weighted by molar-refractivity contribution is 0.0946. The largest absolute Gasteiger partial charge is 0.489 e. The zero-order valence-electron chi connectivity index (χ0n) is 7.05. The van der Waals surface area contributed by atoms with Gasteiger partial charge in [-0.3, -0.25) is 4.79 Å². The summed E-state index contributed by atoms with van der Waals surface area (Å²) in [6, 6.07) is 1.81. The number of hydrogen-bond donors (Lipinski definition) is 0. The van der Waals surface area contributed by atoms with Gasteiger partial charge in [0.2, 0.25) is 5.78 Å². The van der Waals surface area contributed by atoms with Crippen LogP contribution in [0.15, 0.2) is 26.2 Å². The molecule has 1 aliphatic heterocycles. The Balaban J connectivity index is 2.26. The van der Waals surface area contributed by atoms with E-state index in [2.05, 4.69) is 31.9 Å². The number of allylic oxidation sites excluding steroid dienone is 1. The molecular weight excluding hydrogens is 332 g/mol. The molecular formula is C9H6Br2O2S. The van der Waals surface area contributed by atoms with Gasteiger partial charge in [-0.1, -0.05) is 0 Å². The third-order valence-electron chi connectivity index (χ3n) is 1.80. The first-order valence-corrected chi connectivity index (χ1v) is 6.41. The van der Waals surface area contributed by atoms with E-state index < -0.39 is 0 Å². The van der Waals surface area contributed by atoms with Gasteiger partial charge in [0.05, 0.1) is 15.3 Å². The summed E-state index contributed by atoms with van der Waals surface area (Å²) >= 11 is 8.10. The number of Topliss-reactive ketones (excluding diaryl/α,β-unsaturated/α-hetero) is 1. The van der Waals surface area contributed by atoms with Crippen molar-refractivity contribution in [3.05, 3.63) is 31.0 Å². The molecule has 2 nitrogen and oxygen atoms in total. The summed E-state index contributed by atoms with van der Waals surface area (Å²) in [5, 5.41) is 0. The van der Waals surface area contributed by atoms with Crippen LogP contribution in [0, 0.1) is 0 Å². The number of carbonyl (C=O) groups excluding carboxylic acids is 1. The molecule has 0 fully saturated rings. The second-order valence-corrected chi connectivity index (χ2v) is 5.99. The van der Waals surface area contributed by atoms with Crippen molar-refractivity contribution in [1.82, 2.24) is 0 Å². The summed E-state index contributed by atoms with van der Waals surface area (Å²) in [6.45, 7) is 0.620. The van der Waals surface area contributed by atoms with Crippen molar-refractivity contribution in [1.29, 1.82) is 0 Å². The monoisotopic (exact) mass is 336 g/mol. The van der Waals surface area contributed by atoms with Crippen LogP contribution in [0.2, 0.25) is 0 Å². The normalized spacial score (nSPS) is 15.1. The number of rotatable bonds is 2. The topological polar surface area (TPSA) is 26.3 Å². The van der Waals surface area contributed by atoms with Crippen LogP contribution in [0.1, 0.15) is 16.1 Å². The third kappa shape index (κ3) is 1.94. The van der Waals surface area contributed by atoms with Gasteiger partial charge < -0.3 is 4.74 Å². The van der Waals surface area contributed by atoms with Crippen LogP contribution in [0.3, 0.4) is 0 Å². The van der Waals surface area contributed by atoms with E-state index in [0.717, 1.165) is 14.7 Å². The maximum Gasteiger partial charge on any atom is 0.237 e. The molecule has 2 rings (SSSR count). The molecule has 0 radical (unpaired) electrons. The highest BCUT2D eigenvalue weighted by molar-refractivity contribution is 9.13. The molecule has 0 unspecified atom stereocenters. The number of carbonyl (C=O) groups is 1. The van der Waals surface area contributed by atoms with Crippen LogP contribution in [-0.4, -0.2) is 12.4 Å². The Morgan fingerprint density at radius 1 is 1.50 bits per heavy atom. The molecule has 0 N–H and O–H groups in total. The van der Waals surface area contributed by atoms with Crippen molar-refractivity contribution >= 4 is 49.0 Å². The summed E-state index contributed by atoms with van der Waals surface area (Å²) in [4.78, 5) is 12.5. The average Bonchev–Trinajstić information content (AvgIpc) is 2.76. The van der Waals surface area contributed by atoms with Crippen LogP contribution in [0.25, 0.3) is 0 Å². The SMILES string of the molecule is O=C(C1=CCCO1)c1cc(Br)c(Br)s1. The first-order chi connectivity index (χ1) is 6.68. The van der Waals surface area contributed by atoms with Crippen molar-refractivity contribution in [3.63, 3.8) is 0 Å². The van der Waals surface area contributed by atoms with Crippen molar-refractivity contribution < 1.29 is 9.53 Å². The predicted molar refractivity (Wildman–Crippen MR) is 62.7 cm³/mol.